The van der Waals surface area contributed by atoms with Crippen LogP contribution in [-0.4, -0.2) is 67.7 Å². The number of carbonyl (C=O) groups is 1. The number of hydrogen-bond donors (Lipinski definition) is 1. The van der Waals surface area contributed by atoms with Crippen molar-refractivity contribution in [1.29, 1.82) is 0 Å². The minimum absolute atomic E-state index is 0.00135. The molecule has 6 nitrogen and oxygen atoms in total. The Hall–Kier alpha value is -0.850. The predicted octanol–water partition coefficient (Wildman–Crippen LogP) is 2.56. The molecule has 1 N–H and O–H groups in total. The smallest absolute Gasteiger partial charge is 0.410 e. The molecule has 0 aliphatic carbocycles. The second kappa shape index (κ2) is 9.02. The van der Waals surface area contributed by atoms with Gasteiger partial charge < -0.3 is 24.4 Å². The van der Waals surface area contributed by atoms with Crippen LogP contribution in [0.3, 0.4) is 0 Å². The summed E-state index contributed by atoms with van der Waals surface area (Å²) in [4.78, 5) is 14.0. The molecule has 2 aliphatic heterocycles. The maximum Gasteiger partial charge on any atom is 0.410 e. The van der Waals surface area contributed by atoms with Crippen LogP contribution >= 0.6 is 0 Å². The van der Waals surface area contributed by atoms with E-state index in [1.807, 2.05) is 20.8 Å². The zero-order valence-corrected chi connectivity index (χ0v) is 15.7. The van der Waals surface area contributed by atoms with Gasteiger partial charge in [-0.05, 0) is 59.9 Å². The molecule has 2 heterocycles. The molecule has 0 radical (unpaired) electrons. The van der Waals surface area contributed by atoms with Crippen molar-refractivity contribution in [3.63, 3.8) is 0 Å². The molecule has 2 aliphatic rings. The summed E-state index contributed by atoms with van der Waals surface area (Å²) in [7, 11) is 0. The van der Waals surface area contributed by atoms with Crippen LogP contribution in [-0.2, 0) is 14.2 Å². The summed E-state index contributed by atoms with van der Waals surface area (Å²) in [6.45, 7) is 11.3. The first kappa shape index (κ1) is 19.5. The average molecular weight is 342 g/mol. The number of ether oxygens (including phenoxy) is 3. The number of carbonyl (C=O) groups excluding carboxylic acids is 1. The molecular weight excluding hydrogens is 308 g/mol. The van der Waals surface area contributed by atoms with E-state index in [0.717, 1.165) is 19.6 Å². The lowest BCUT2D eigenvalue weighted by atomic mass is 10.1. The maximum atomic E-state index is 12.2. The quantitative estimate of drug-likeness (QED) is 0.832. The van der Waals surface area contributed by atoms with Gasteiger partial charge in [0.15, 0.2) is 0 Å². The number of rotatable bonds is 5. The summed E-state index contributed by atoms with van der Waals surface area (Å²) in [5, 5.41) is 3.52. The molecule has 0 aromatic heterocycles. The summed E-state index contributed by atoms with van der Waals surface area (Å²) in [5.74, 6) is 0. The Morgan fingerprint density at radius 3 is 2.75 bits per heavy atom. The van der Waals surface area contributed by atoms with Crippen LogP contribution in [0.15, 0.2) is 0 Å². The predicted molar refractivity (Wildman–Crippen MR) is 93.2 cm³/mol. The van der Waals surface area contributed by atoms with Crippen molar-refractivity contribution >= 4 is 6.09 Å². The number of hydrogen-bond acceptors (Lipinski definition) is 5. The molecule has 2 rings (SSSR count). The molecule has 3 atom stereocenters. The van der Waals surface area contributed by atoms with Crippen LogP contribution in [0.5, 0.6) is 0 Å². The highest BCUT2D eigenvalue weighted by Crippen LogP contribution is 2.16. The first-order valence-electron chi connectivity index (χ1n) is 9.29. The Bertz CT molecular complexity index is 391. The van der Waals surface area contributed by atoms with Crippen LogP contribution in [0.2, 0.25) is 0 Å². The number of nitrogens with zero attached hydrogens (tertiary/aromatic N) is 1. The van der Waals surface area contributed by atoms with E-state index in [4.69, 9.17) is 14.2 Å². The van der Waals surface area contributed by atoms with Crippen molar-refractivity contribution in [3.05, 3.63) is 0 Å². The maximum absolute atomic E-state index is 12.2. The van der Waals surface area contributed by atoms with Gasteiger partial charge in [-0.1, -0.05) is 0 Å². The first-order valence-corrected chi connectivity index (χ1v) is 9.29. The van der Waals surface area contributed by atoms with E-state index in [-0.39, 0.29) is 18.2 Å². The van der Waals surface area contributed by atoms with Crippen molar-refractivity contribution in [1.82, 2.24) is 10.2 Å². The highest BCUT2D eigenvalue weighted by molar-refractivity contribution is 5.68. The van der Waals surface area contributed by atoms with Crippen LogP contribution in [0.1, 0.15) is 53.4 Å². The number of amides is 1. The fraction of sp³-hybridized carbons (Fsp3) is 0.944. The second-order valence-corrected chi connectivity index (χ2v) is 7.86. The Morgan fingerprint density at radius 2 is 2.08 bits per heavy atom. The summed E-state index contributed by atoms with van der Waals surface area (Å²) in [5.41, 5.74) is -0.464. The second-order valence-electron chi connectivity index (χ2n) is 7.86. The van der Waals surface area contributed by atoms with E-state index >= 15 is 0 Å². The lowest BCUT2D eigenvalue weighted by Gasteiger charge is -2.37. The third kappa shape index (κ3) is 6.57. The fourth-order valence-corrected chi connectivity index (χ4v) is 3.11. The fourth-order valence-electron chi connectivity index (χ4n) is 3.11. The number of morpholine rings is 1. The van der Waals surface area contributed by atoms with E-state index in [9.17, 15) is 4.79 Å². The summed E-state index contributed by atoms with van der Waals surface area (Å²) < 4.78 is 17.1. The van der Waals surface area contributed by atoms with E-state index in [2.05, 4.69) is 12.2 Å². The molecule has 24 heavy (non-hydrogen) atoms. The standard InChI is InChI=1S/C18H34N2O4/c1-14(19-9-8-15-7-5-6-11-22-15)16-13-20(10-12-23-16)17(21)24-18(2,3)4/h14-16,19H,5-13H2,1-4H3. The third-order valence-corrected chi connectivity index (χ3v) is 4.51. The molecule has 0 bridgehead atoms. The van der Waals surface area contributed by atoms with E-state index in [0.29, 0.717) is 25.8 Å². The molecule has 140 valence electrons. The monoisotopic (exact) mass is 342 g/mol. The summed E-state index contributed by atoms with van der Waals surface area (Å²) >= 11 is 0. The minimum Gasteiger partial charge on any atom is -0.444 e. The van der Waals surface area contributed by atoms with Crippen LogP contribution in [0, 0.1) is 0 Å². The first-order chi connectivity index (χ1) is 11.3. The SMILES string of the molecule is CC(NCCC1CCCCO1)C1CN(C(=O)OC(C)(C)C)CCO1. The van der Waals surface area contributed by atoms with Gasteiger partial charge in [0.2, 0.25) is 0 Å². The molecular formula is C18H34N2O4. The van der Waals surface area contributed by atoms with Gasteiger partial charge in [0.05, 0.1) is 25.4 Å². The molecule has 0 spiro atoms. The largest absolute Gasteiger partial charge is 0.444 e. The highest BCUT2D eigenvalue weighted by atomic mass is 16.6. The highest BCUT2D eigenvalue weighted by Gasteiger charge is 2.30. The van der Waals surface area contributed by atoms with Crippen molar-refractivity contribution in [3.8, 4) is 0 Å². The van der Waals surface area contributed by atoms with Crippen molar-refractivity contribution in [2.75, 3.05) is 32.8 Å². The molecule has 0 aromatic carbocycles. The normalized spacial score (nSPS) is 26.9. The average Bonchev–Trinajstić information content (AvgIpc) is 2.54. The van der Waals surface area contributed by atoms with Gasteiger partial charge >= 0.3 is 6.09 Å². The van der Waals surface area contributed by atoms with Gasteiger partial charge in [0.25, 0.3) is 0 Å². The lowest BCUT2D eigenvalue weighted by molar-refractivity contribution is -0.0532. The number of nitrogens with one attached hydrogen (secondary N) is 1. The van der Waals surface area contributed by atoms with Crippen LogP contribution < -0.4 is 5.32 Å². The van der Waals surface area contributed by atoms with Gasteiger partial charge in [0, 0.05) is 19.2 Å². The Morgan fingerprint density at radius 1 is 1.29 bits per heavy atom. The van der Waals surface area contributed by atoms with Crippen LogP contribution in [0.25, 0.3) is 0 Å². The van der Waals surface area contributed by atoms with Gasteiger partial charge in [-0.15, -0.1) is 0 Å². The Kier molecular flexibility index (Phi) is 7.32. The van der Waals surface area contributed by atoms with Crippen molar-refractivity contribution in [2.45, 2.75) is 77.2 Å². The molecule has 1 amide bonds. The minimum atomic E-state index is -0.464. The summed E-state index contributed by atoms with van der Waals surface area (Å²) in [6.07, 6.45) is 4.81. The topological polar surface area (TPSA) is 60.0 Å². The van der Waals surface area contributed by atoms with Gasteiger partial charge in [-0.2, -0.15) is 0 Å². The molecule has 2 saturated heterocycles. The lowest BCUT2D eigenvalue weighted by Crippen LogP contribution is -2.53. The van der Waals surface area contributed by atoms with Crippen molar-refractivity contribution < 1.29 is 19.0 Å². The van der Waals surface area contributed by atoms with Crippen molar-refractivity contribution in [2.24, 2.45) is 0 Å². The molecule has 6 heteroatoms. The van der Waals surface area contributed by atoms with E-state index < -0.39 is 5.60 Å². The van der Waals surface area contributed by atoms with Gasteiger partial charge in [-0.25, -0.2) is 4.79 Å². The van der Waals surface area contributed by atoms with E-state index in [1.165, 1.54) is 19.3 Å². The summed E-state index contributed by atoms with van der Waals surface area (Å²) in [6, 6.07) is 0.193. The van der Waals surface area contributed by atoms with Gasteiger partial charge in [0.1, 0.15) is 5.60 Å². The van der Waals surface area contributed by atoms with E-state index in [1.54, 1.807) is 4.90 Å². The zero-order valence-electron chi connectivity index (χ0n) is 15.7. The van der Waals surface area contributed by atoms with Gasteiger partial charge in [-0.3, -0.25) is 0 Å². The molecule has 0 saturated carbocycles. The Labute approximate surface area is 146 Å². The molecule has 0 aromatic rings. The zero-order chi connectivity index (χ0) is 17.6. The molecule has 2 fully saturated rings. The Balaban J connectivity index is 1.71. The third-order valence-electron chi connectivity index (χ3n) is 4.51. The van der Waals surface area contributed by atoms with Crippen LogP contribution in [0.4, 0.5) is 4.79 Å². The molecule has 3 unspecified atom stereocenters.